The number of amides is 1. The zero-order valence-corrected chi connectivity index (χ0v) is 13.3. The first-order valence-corrected chi connectivity index (χ1v) is 7.15. The lowest BCUT2D eigenvalue weighted by molar-refractivity contribution is -0.146. The van der Waals surface area contributed by atoms with Gasteiger partial charge in [0.15, 0.2) is 6.61 Å². The molecule has 1 aromatic carbocycles. The van der Waals surface area contributed by atoms with E-state index in [-0.39, 0.29) is 12.2 Å². The summed E-state index contributed by atoms with van der Waals surface area (Å²) in [7, 11) is 2.75. The van der Waals surface area contributed by atoms with Crippen LogP contribution in [0.2, 0.25) is 0 Å². The monoisotopic (exact) mass is 331 g/mol. The fourth-order valence-electron chi connectivity index (χ4n) is 1.99. The molecule has 0 fully saturated rings. The Kier molecular flexibility index (Phi) is 5.31. The third-order valence-electron chi connectivity index (χ3n) is 3.35. The number of hydrogen-bond donors (Lipinski definition) is 1. The standard InChI is InChI=1S/C16H17N3O5/c1-18-12(9-14(21)19(2)16(18)23)17-13(20)10-24-15(22)8-11-6-4-3-5-7-11/h3-7,9H,8,10H2,1-2H3,(H,17,20). The van der Waals surface area contributed by atoms with E-state index in [1.807, 2.05) is 6.07 Å². The van der Waals surface area contributed by atoms with Crippen LogP contribution in [0, 0.1) is 0 Å². The quantitative estimate of drug-likeness (QED) is 0.766. The van der Waals surface area contributed by atoms with Crippen molar-refractivity contribution >= 4 is 17.7 Å². The van der Waals surface area contributed by atoms with E-state index < -0.39 is 29.7 Å². The van der Waals surface area contributed by atoms with Crippen molar-refractivity contribution in [3.63, 3.8) is 0 Å². The Morgan fingerprint density at radius 3 is 2.42 bits per heavy atom. The van der Waals surface area contributed by atoms with Crippen LogP contribution in [0.5, 0.6) is 0 Å². The number of carbonyl (C=O) groups excluding carboxylic acids is 2. The maximum atomic E-state index is 11.8. The number of aromatic nitrogens is 2. The number of rotatable bonds is 5. The molecule has 0 saturated carbocycles. The van der Waals surface area contributed by atoms with Gasteiger partial charge in [0.05, 0.1) is 6.42 Å². The Hall–Kier alpha value is -3.16. The van der Waals surface area contributed by atoms with Crippen molar-refractivity contribution in [2.45, 2.75) is 6.42 Å². The number of nitrogens with zero attached hydrogens (tertiary/aromatic N) is 2. The predicted octanol–water partition coefficient (Wildman–Crippen LogP) is -0.192. The molecular formula is C16H17N3O5. The molecule has 1 amide bonds. The minimum Gasteiger partial charge on any atom is -0.455 e. The van der Waals surface area contributed by atoms with Crippen LogP contribution in [0.3, 0.4) is 0 Å². The summed E-state index contributed by atoms with van der Waals surface area (Å²) in [6.45, 7) is -0.505. The van der Waals surface area contributed by atoms with E-state index in [1.54, 1.807) is 24.3 Å². The summed E-state index contributed by atoms with van der Waals surface area (Å²) >= 11 is 0. The molecule has 126 valence electrons. The van der Waals surface area contributed by atoms with Crippen molar-refractivity contribution in [3.8, 4) is 0 Å². The molecule has 0 bridgehead atoms. The van der Waals surface area contributed by atoms with Crippen molar-refractivity contribution < 1.29 is 14.3 Å². The largest absolute Gasteiger partial charge is 0.455 e. The summed E-state index contributed by atoms with van der Waals surface area (Å²) in [5.74, 6) is -1.15. The van der Waals surface area contributed by atoms with E-state index >= 15 is 0 Å². The van der Waals surface area contributed by atoms with Gasteiger partial charge in [0.25, 0.3) is 11.5 Å². The van der Waals surface area contributed by atoms with E-state index in [0.29, 0.717) is 0 Å². The average molecular weight is 331 g/mol. The smallest absolute Gasteiger partial charge is 0.332 e. The van der Waals surface area contributed by atoms with Gasteiger partial charge in [0, 0.05) is 20.2 Å². The third kappa shape index (κ3) is 4.19. The lowest BCUT2D eigenvalue weighted by atomic mass is 10.2. The van der Waals surface area contributed by atoms with Crippen molar-refractivity contribution in [1.29, 1.82) is 0 Å². The summed E-state index contributed by atoms with van der Waals surface area (Å²) in [6, 6.07) is 10.1. The highest BCUT2D eigenvalue weighted by molar-refractivity contribution is 5.92. The topological polar surface area (TPSA) is 99.4 Å². The van der Waals surface area contributed by atoms with Gasteiger partial charge in [-0.05, 0) is 5.56 Å². The number of carbonyl (C=O) groups is 2. The summed E-state index contributed by atoms with van der Waals surface area (Å²) in [4.78, 5) is 46.8. The molecule has 8 heteroatoms. The zero-order valence-electron chi connectivity index (χ0n) is 13.3. The van der Waals surface area contributed by atoms with Crippen molar-refractivity contribution in [2.24, 2.45) is 14.1 Å². The van der Waals surface area contributed by atoms with Crippen LogP contribution in [0.25, 0.3) is 0 Å². The number of anilines is 1. The molecule has 2 rings (SSSR count). The van der Waals surface area contributed by atoms with Crippen LogP contribution < -0.4 is 16.6 Å². The maximum absolute atomic E-state index is 11.8. The van der Waals surface area contributed by atoms with Gasteiger partial charge >= 0.3 is 11.7 Å². The van der Waals surface area contributed by atoms with Crippen molar-refractivity contribution in [2.75, 3.05) is 11.9 Å². The lowest BCUT2D eigenvalue weighted by Crippen LogP contribution is -2.38. The highest BCUT2D eigenvalue weighted by atomic mass is 16.5. The fraction of sp³-hybridized carbons (Fsp3) is 0.250. The fourth-order valence-corrected chi connectivity index (χ4v) is 1.99. The molecule has 0 unspecified atom stereocenters. The van der Waals surface area contributed by atoms with Gasteiger partial charge in [0.2, 0.25) is 0 Å². The van der Waals surface area contributed by atoms with E-state index in [4.69, 9.17) is 4.74 Å². The second-order valence-electron chi connectivity index (χ2n) is 5.14. The van der Waals surface area contributed by atoms with E-state index in [1.165, 1.54) is 14.1 Å². The molecule has 0 aliphatic carbocycles. The van der Waals surface area contributed by atoms with E-state index in [0.717, 1.165) is 20.8 Å². The molecule has 0 aliphatic rings. The van der Waals surface area contributed by atoms with Crippen LogP contribution in [-0.4, -0.2) is 27.6 Å². The molecule has 1 N–H and O–H groups in total. The summed E-state index contributed by atoms with van der Waals surface area (Å²) in [5, 5.41) is 2.37. The van der Waals surface area contributed by atoms with Gasteiger partial charge in [-0.2, -0.15) is 0 Å². The molecule has 0 spiro atoms. The normalized spacial score (nSPS) is 10.2. The number of esters is 1. The molecule has 1 aromatic heterocycles. The first-order valence-electron chi connectivity index (χ1n) is 7.15. The molecule has 24 heavy (non-hydrogen) atoms. The number of nitrogens with one attached hydrogen (secondary N) is 1. The van der Waals surface area contributed by atoms with Gasteiger partial charge in [-0.3, -0.25) is 23.5 Å². The Morgan fingerprint density at radius 1 is 1.08 bits per heavy atom. The minimum absolute atomic E-state index is 0.0345. The highest BCUT2D eigenvalue weighted by Gasteiger charge is 2.12. The molecule has 0 saturated heterocycles. The van der Waals surface area contributed by atoms with Gasteiger partial charge in [-0.25, -0.2) is 4.79 Å². The predicted molar refractivity (Wildman–Crippen MR) is 86.7 cm³/mol. The molecule has 8 nitrogen and oxygen atoms in total. The molecule has 0 aliphatic heterocycles. The van der Waals surface area contributed by atoms with Crippen molar-refractivity contribution in [1.82, 2.24) is 9.13 Å². The molecule has 0 radical (unpaired) electrons. The van der Waals surface area contributed by atoms with Gasteiger partial charge in [-0.15, -0.1) is 0 Å². The maximum Gasteiger partial charge on any atom is 0.332 e. The average Bonchev–Trinajstić information content (AvgIpc) is 2.57. The number of ether oxygens (including phenoxy) is 1. The molecule has 0 atom stereocenters. The summed E-state index contributed by atoms with van der Waals surface area (Å²) < 4.78 is 6.91. The van der Waals surface area contributed by atoms with Crippen LogP contribution in [0.1, 0.15) is 5.56 Å². The Morgan fingerprint density at radius 2 is 1.75 bits per heavy atom. The number of hydrogen-bond acceptors (Lipinski definition) is 5. The second kappa shape index (κ2) is 7.40. The zero-order chi connectivity index (χ0) is 17.7. The Balaban J connectivity index is 1.93. The molecule has 2 aromatic rings. The Labute approximate surface area is 137 Å². The van der Waals surface area contributed by atoms with Crippen LogP contribution in [0.15, 0.2) is 46.0 Å². The van der Waals surface area contributed by atoms with Gasteiger partial charge in [0.1, 0.15) is 5.82 Å². The van der Waals surface area contributed by atoms with Gasteiger partial charge < -0.3 is 10.1 Å². The van der Waals surface area contributed by atoms with E-state index in [2.05, 4.69) is 5.32 Å². The second-order valence-corrected chi connectivity index (χ2v) is 5.14. The van der Waals surface area contributed by atoms with Crippen molar-refractivity contribution in [3.05, 3.63) is 62.8 Å². The van der Waals surface area contributed by atoms with E-state index in [9.17, 15) is 19.2 Å². The van der Waals surface area contributed by atoms with Crippen LogP contribution in [0.4, 0.5) is 5.82 Å². The van der Waals surface area contributed by atoms with Crippen LogP contribution in [-0.2, 0) is 34.8 Å². The first-order chi connectivity index (χ1) is 11.4. The SMILES string of the molecule is Cn1c(NC(=O)COC(=O)Cc2ccccc2)cc(=O)n(C)c1=O. The number of benzene rings is 1. The first kappa shape index (κ1) is 17.2. The molecule has 1 heterocycles. The molecular weight excluding hydrogens is 314 g/mol. The third-order valence-corrected chi connectivity index (χ3v) is 3.35. The van der Waals surface area contributed by atoms with Gasteiger partial charge in [-0.1, -0.05) is 30.3 Å². The highest BCUT2D eigenvalue weighted by Crippen LogP contribution is 2.02. The lowest BCUT2D eigenvalue weighted by Gasteiger charge is -2.11. The summed E-state index contributed by atoms with van der Waals surface area (Å²) in [5.41, 5.74) is -0.342. The van der Waals surface area contributed by atoms with Crippen LogP contribution >= 0.6 is 0 Å². The minimum atomic E-state index is -0.639. The summed E-state index contributed by atoms with van der Waals surface area (Å²) in [6.07, 6.45) is 0.0541. The Bertz CT molecular complexity index is 868.